The summed E-state index contributed by atoms with van der Waals surface area (Å²) in [6.07, 6.45) is 9.48. The molecule has 2 heterocycles. The fourth-order valence-electron chi connectivity index (χ4n) is 9.95. The third-order valence-corrected chi connectivity index (χ3v) is 29.6. The maximum Gasteiger partial charge on any atom is 2.00 e. The number of ether oxygens (including phenoxy) is 6. The number of methoxy groups -OCH3 is 6. The predicted octanol–water partition coefficient (Wildman–Crippen LogP) is 18.0. The van der Waals surface area contributed by atoms with Gasteiger partial charge in [-0.25, -0.2) is 0 Å². The fourth-order valence-corrected chi connectivity index (χ4v) is 20.1. The number of nitrogens with two attached hydrogens (primary N) is 2. The molecule has 7 aromatic rings. The molecule has 0 aromatic heterocycles. The molecule has 1 unspecified atom stereocenters. The van der Waals surface area contributed by atoms with E-state index in [1.54, 1.807) is 32.2 Å². The van der Waals surface area contributed by atoms with Crippen molar-refractivity contribution < 1.29 is 111 Å². The van der Waals surface area contributed by atoms with Crippen molar-refractivity contribution in [2.45, 2.75) is 88.1 Å². The Morgan fingerprint density at radius 2 is 0.818 bits per heavy atom. The molecular formula is C75H107BrCl5MgN7O25P6Sn. The van der Waals surface area contributed by atoms with Gasteiger partial charge in [-0.05, 0) is 147 Å². The van der Waals surface area contributed by atoms with E-state index in [9.17, 15) is 73.4 Å². The molecule has 0 saturated carbocycles. The van der Waals surface area contributed by atoms with Crippen LogP contribution in [0.4, 0.5) is 34.1 Å². The second-order valence-electron chi connectivity index (χ2n) is 22.9. The van der Waals surface area contributed by atoms with Gasteiger partial charge in [-0.3, -0.25) is 66.3 Å². The van der Waals surface area contributed by atoms with Crippen LogP contribution in [-0.4, -0.2) is 165 Å². The first kappa shape index (κ1) is 126. The van der Waals surface area contributed by atoms with E-state index < -0.39 is 86.7 Å². The number of anilines is 1. The van der Waals surface area contributed by atoms with Crippen LogP contribution in [0.25, 0.3) is 0 Å². The standard InChI is InChI=1S/C12H16NO4P.C12H18NO2P.C11H12NO4P.C10H14NO5P.C7H6Cl2NO4P.C7H6ClNO3.C7H9N.C4H11O3P.C2H3.3CH4.BrH.2ClH.Mg.Sn/c1-17-12-9-10(5-6-11(12)13(14)15)18(16)7-3-2-4-8-18;1-15-12-9-10(5-6-11(12)13)16(14)7-3-2-4-8-16;1-4-17(15,5-2)9-6-7-10(12(13)14)11(8-9)16-3;1-4-16-17(3,14)8-5-6-9(11(12)13)10(7-8)15-2;1-14-7-4-5(15(8,9)13)2-3-6(7)10(11)12;1-12-7-4-5(8)2-3-6(7)9(10)11;8-6-7-4-2-1-3-5-7;1-3-6-8(5)7-4-2;1-2;;;;;;;;/h5-6,9H,2-4,7-8H2,1H3;5-6,9H,2-4,7-8,13H2,1H3;4-8H,1-2H2,3H3;5-7H,4H2,1-3H3;2-4H,1H3;2-4H,1H3;1-5H,6,8H2;5H,3-4H2,1-2H3;1H,2H2;3*1H4;3*1H;;/q;;;;;;;;-1;;;;;;;2*+2/p-3. The summed E-state index contributed by atoms with van der Waals surface area (Å²) in [4.78, 5) is 59.0. The number of nitro groups is 5. The largest absolute Gasteiger partial charge is 2.00 e. The molecule has 2 aliphatic heterocycles. The van der Waals surface area contributed by atoms with Gasteiger partial charge in [0.25, 0.3) is 5.85 Å². The van der Waals surface area contributed by atoms with E-state index in [1.807, 2.05) is 56.3 Å². The Hall–Kier alpha value is -5.77. The van der Waals surface area contributed by atoms with Crippen LogP contribution in [0.3, 0.4) is 0 Å². The monoisotopic (exact) mass is 2090 g/mol. The van der Waals surface area contributed by atoms with E-state index in [1.165, 1.54) is 139 Å². The number of benzene rings is 7. The molecule has 121 heavy (non-hydrogen) atoms. The topological polar surface area (TPSA) is 456 Å². The number of nitrogens with zero attached hydrogens (tertiary/aromatic N) is 5. The first-order valence-corrected chi connectivity index (χ1v) is 54.5. The third kappa shape index (κ3) is 44.3. The van der Waals surface area contributed by atoms with E-state index >= 15 is 0 Å². The number of nitro benzene ring substituents is 5. The van der Waals surface area contributed by atoms with Gasteiger partial charge < -0.3 is 95.6 Å². The normalized spacial score (nSPS) is 12.5. The zero-order chi connectivity index (χ0) is 88.6. The molecule has 9 rings (SSSR count). The van der Waals surface area contributed by atoms with Gasteiger partial charge in [0, 0.05) is 118 Å². The van der Waals surface area contributed by atoms with Crippen molar-refractivity contribution in [2.75, 3.05) is 99.5 Å². The Morgan fingerprint density at radius 1 is 0.512 bits per heavy atom. The minimum atomic E-state index is -3.47. The molecule has 2 fully saturated rings. The molecule has 0 aliphatic carbocycles. The smallest absolute Gasteiger partial charge is 2.00 e. The molecule has 0 amide bonds. The summed E-state index contributed by atoms with van der Waals surface area (Å²) >= 11 is 15.6. The minimum Gasteiger partial charge on any atom is 2.00 e. The minimum absolute atomic E-state index is 0. The second kappa shape index (κ2) is 66.7. The molecular weight excluding hydrogens is 1980 g/mol. The average molecular weight is 2090 g/mol. The summed E-state index contributed by atoms with van der Waals surface area (Å²) < 4.78 is 105. The molecule has 46 heteroatoms. The Labute approximate surface area is 769 Å². The van der Waals surface area contributed by atoms with Gasteiger partial charge in [0.2, 0.25) is 7.37 Å². The Bertz CT molecular complexity index is 4550. The van der Waals surface area contributed by atoms with Crippen molar-refractivity contribution in [3.8, 4) is 34.5 Å². The number of hydrogen-bond acceptors (Lipinski definition) is 27. The Morgan fingerprint density at radius 3 is 1.14 bits per heavy atom. The first-order valence-electron chi connectivity index (χ1n) is 34.1. The maximum atomic E-state index is 12.8. The van der Waals surface area contributed by atoms with Crippen LogP contribution in [0, 0.1) is 57.2 Å². The van der Waals surface area contributed by atoms with Crippen LogP contribution < -0.4 is 83.4 Å². The van der Waals surface area contributed by atoms with Gasteiger partial charge >= 0.3 is 96.8 Å². The molecule has 1 atom stereocenters. The number of hydrogen-bond donors (Lipinski definition) is 3. The molecule has 2 radical (unpaired) electrons. The van der Waals surface area contributed by atoms with Crippen LogP contribution in [-0.2, 0) is 42.9 Å². The van der Waals surface area contributed by atoms with Crippen molar-refractivity contribution >= 4 is 198 Å². The van der Waals surface area contributed by atoms with Gasteiger partial charge in [0.05, 0.1) is 92.8 Å². The Kier molecular flexibility index (Phi) is 69.4. The van der Waals surface area contributed by atoms with E-state index in [0.717, 1.165) is 55.8 Å². The van der Waals surface area contributed by atoms with Crippen molar-refractivity contribution in [2.24, 2.45) is 5.73 Å². The second-order valence-corrected chi connectivity index (χ2v) is 44.9. The van der Waals surface area contributed by atoms with Crippen LogP contribution >= 0.6 is 95.2 Å². The zero-order valence-corrected chi connectivity index (χ0v) is 81.3. The molecule has 670 valence electrons. The summed E-state index contributed by atoms with van der Waals surface area (Å²) in [5.74, 6) is 0.237. The van der Waals surface area contributed by atoms with Crippen LogP contribution in [0.2, 0.25) is 5.02 Å². The predicted molar refractivity (Wildman–Crippen MR) is 494 cm³/mol. The number of nitrogen functional groups attached to an aromatic ring is 1. The summed E-state index contributed by atoms with van der Waals surface area (Å²) in [7, 11) is 6.18. The van der Waals surface area contributed by atoms with Crippen LogP contribution in [0.5, 0.6) is 34.5 Å². The third-order valence-electron chi connectivity index (χ3n) is 15.7. The zero-order valence-electron chi connectivity index (χ0n) is 66.3. The quantitative estimate of drug-likeness (QED) is 0.0119. The van der Waals surface area contributed by atoms with Crippen LogP contribution in [0.15, 0.2) is 171 Å². The molecule has 0 bridgehead atoms. The van der Waals surface area contributed by atoms with Crippen LogP contribution in [0.1, 0.15) is 87.1 Å². The summed E-state index contributed by atoms with van der Waals surface area (Å²) in [6, 6.07) is 36.0. The number of halogens is 6. The van der Waals surface area contributed by atoms with Gasteiger partial charge in [-0.15, -0.1) is 0 Å². The summed E-state index contributed by atoms with van der Waals surface area (Å²) in [5, 5.41) is 56.1. The van der Waals surface area contributed by atoms with Gasteiger partial charge in [0.15, 0.2) is 35.9 Å². The van der Waals surface area contributed by atoms with E-state index in [4.69, 9.17) is 101 Å². The molecule has 0 spiro atoms. The molecule has 32 nitrogen and oxygen atoms in total. The first-order chi connectivity index (χ1) is 54.8. The SMILES string of the molecule is C.C.C.C=CP(=O)(C=C)c1ccc([N+](=O)[O-])c(OC)c1.CCOP(C)(=O)c1ccc([N+](=O)[O-])c(OC)c1.CCOP(O)OCC.COc1cc(Cl)ccc1[N+](=O)[O-].COc1cc(P(=O)(Cl)Cl)ccc1[N+](=O)[O-].COc1cc(P2(=O)CCCCC2)ccc1N.COc1cc(P2(=O)CCCCC2)ccc1[N+](=O)[O-].NCc1ccccc1.[Br-].[CH-]=C.[Cl][Sn][Cl].[Mg+2]. The molecule has 2 aliphatic rings. The number of rotatable bonds is 25. The van der Waals surface area contributed by atoms with E-state index in [2.05, 4.69) is 35.4 Å². The summed E-state index contributed by atoms with van der Waals surface area (Å²) in [5.41, 5.74) is 12.2. The molecule has 2 saturated heterocycles. The van der Waals surface area contributed by atoms with Gasteiger partial charge in [-0.2, -0.15) is 0 Å². The van der Waals surface area contributed by atoms with E-state index in [0.29, 0.717) is 71.1 Å². The molecule has 7 aromatic carbocycles. The van der Waals surface area contributed by atoms with Crippen molar-refractivity contribution in [1.82, 2.24) is 0 Å². The van der Waals surface area contributed by atoms with Gasteiger partial charge in [-0.1, -0.05) is 90.2 Å². The van der Waals surface area contributed by atoms with Crippen molar-refractivity contribution in [1.29, 1.82) is 0 Å². The Balaban J connectivity index is -0.000000311. The van der Waals surface area contributed by atoms with Gasteiger partial charge in [0.1, 0.15) is 20.0 Å². The molecule has 5 N–H and O–H groups in total. The van der Waals surface area contributed by atoms with E-state index in [-0.39, 0.29) is 125 Å². The average Bonchev–Trinajstić information content (AvgIpc) is 0.745. The van der Waals surface area contributed by atoms with Crippen molar-refractivity contribution in [3.63, 3.8) is 0 Å². The van der Waals surface area contributed by atoms with Crippen molar-refractivity contribution in [3.05, 3.63) is 239 Å². The summed E-state index contributed by atoms with van der Waals surface area (Å²) in [6.45, 7) is 22.7. The maximum absolute atomic E-state index is 12.8. The fraction of sp³-hybridized carbons (Fsp3) is 0.360.